The molecule has 0 aliphatic carbocycles. The summed E-state index contributed by atoms with van der Waals surface area (Å²) in [5.74, 6) is 2.00. The molecule has 146 valence electrons. The number of piperazine rings is 1. The van der Waals surface area contributed by atoms with Gasteiger partial charge in [0.2, 0.25) is 11.7 Å². The molecule has 1 amide bonds. The Bertz CT molecular complexity index is 939. The average molecular weight is 381 g/mol. The number of hydrogen-bond acceptors (Lipinski definition) is 6. The van der Waals surface area contributed by atoms with E-state index in [1.54, 1.807) is 7.11 Å². The second-order valence-electron chi connectivity index (χ2n) is 6.81. The molecular weight excluding hydrogens is 358 g/mol. The van der Waals surface area contributed by atoms with Gasteiger partial charge in [-0.2, -0.15) is 4.98 Å². The van der Waals surface area contributed by atoms with E-state index in [2.05, 4.69) is 15.0 Å². The van der Waals surface area contributed by atoms with Crippen LogP contribution < -0.4 is 4.74 Å². The number of carbonyl (C=O) groups is 1. The zero-order valence-corrected chi connectivity index (χ0v) is 16.0. The van der Waals surface area contributed by atoms with Gasteiger partial charge in [0, 0.05) is 45.0 Å². The topological polar surface area (TPSA) is 76.6 Å². The van der Waals surface area contributed by atoms with E-state index < -0.39 is 0 Å². The number of amides is 1. The van der Waals surface area contributed by atoms with Crippen molar-refractivity contribution in [3.05, 3.63) is 54.2 Å². The average Bonchev–Trinajstić information content (AvgIpc) is 3.37. The fourth-order valence-electron chi connectivity index (χ4n) is 3.32. The van der Waals surface area contributed by atoms with Crippen molar-refractivity contribution in [2.24, 2.45) is 7.05 Å². The summed E-state index contributed by atoms with van der Waals surface area (Å²) < 4.78 is 12.4. The third-order valence-corrected chi connectivity index (χ3v) is 5.00. The van der Waals surface area contributed by atoms with E-state index in [1.807, 2.05) is 59.1 Å². The number of hydrogen-bond donors (Lipinski definition) is 0. The van der Waals surface area contributed by atoms with E-state index in [4.69, 9.17) is 9.26 Å². The van der Waals surface area contributed by atoms with E-state index in [0.717, 1.165) is 30.1 Å². The van der Waals surface area contributed by atoms with Crippen molar-refractivity contribution in [2.45, 2.75) is 6.54 Å². The summed E-state index contributed by atoms with van der Waals surface area (Å²) in [6.07, 6.45) is 1.89. The summed E-state index contributed by atoms with van der Waals surface area (Å²) >= 11 is 0. The van der Waals surface area contributed by atoms with Crippen molar-refractivity contribution in [1.82, 2.24) is 24.5 Å². The van der Waals surface area contributed by atoms with Gasteiger partial charge in [0.25, 0.3) is 5.91 Å². The first-order valence-electron chi connectivity index (χ1n) is 9.24. The van der Waals surface area contributed by atoms with Crippen LogP contribution in [0.4, 0.5) is 0 Å². The van der Waals surface area contributed by atoms with Crippen LogP contribution in [0.2, 0.25) is 0 Å². The van der Waals surface area contributed by atoms with Crippen molar-refractivity contribution in [2.75, 3.05) is 33.3 Å². The lowest BCUT2D eigenvalue weighted by atomic mass is 10.2. The molecule has 0 saturated carbocycles. The Morgan fingerprint density at radius 2 is 1.89 bits per heavy atom. The van der Waals surface area contributed by atoms with E-state index in [1.165, 1.54) is 0 Å². The molecule has 0 radical (unpaired) electrons. The Hall–Kier alpha value is -3.13. The molecule has 1 saturated heterocycles. The predicted octanol–water partition coefficient (Wildman–Crippen LogP) is 2.04. The van der Waals surface area contributed by atoms with Crippen molar-refractivity contribution in [3.8, 4) is 17.1 Å². The van der Waals surface area contributed by atoms with Crippen LogP contribution in [0.5, 0.6) is 5.75 Å². The van der Waals surface area contributed by atoms with Crippen LogP contribution in [0, 0.1) is 0 Å². The molecule has 0 N–H and O–H groups in total. The molecule has 1 aromatic carbocycles. The molecule has 0 spiro atoms. The number of benzene rings is 1. The van der Waals surface area contributed by atoms with Crippen molar-refractivity contribution >= 4 is 5.91 Å². The largest absolute Gasteiger partial charge is 0.497 e. The van der Waals surface area contributed by atoms with Gasteiger partial charge in [-0.1, -0.05) is 5.16 Å². The second-order valence-corrected chi connectivity index (χ2v) is 6.81. The molecule has 2 aromatic heterocycles. The lowest BCUT2D eigenvalue weighted by molar-refractivity contribution is 0.0606. The molecule has 8 heteroatoms. The maximum Gasteiger partial charge on any atom is 0.270 e. The first-order valence-corrected chi connectivity index (χ1v) is 9.24. The fourth-order valence-corrected chi connectivity index (χ4v) is 3.32. The minimum absolute atomic E-state index is 0.0757. The summed E-state index contributed by atoms with van der Waals surface area (Å²) in [6.45, 7) is 3.50. The second kappa shape index (κ2) is 7.85. The fraction of sp³-hybridized carbons (Fsp3) is 0.350. The number of carbonyl (C=O) groups excluding carboxylic acids is 1. The van der Waals surface area contributed by atoms with Crippen LogP contribution in [0.15, 0.2) is 47.1 Å². The van der Waals surface area contributed by atoms with Gasteiger partial charge in [-0.05, 0) is 36.4 Å². The van der Waals surface area contributed by atoms with E-state index in [9.17, 15) is 4.79 Å². The SMILES string of the molecule is COc1ccc(-c2noc(CN3CCN(C(=O)c4cccn4C)CC3)n2)cc1. The molecule has 3 aromatic rings. The van der Waals surface area contributed by atoms with Gasteiger partial charge in [-0.3, -0.25) is 9.69 Å². The molecule has 1 aliphatic heterocycles. The maximum absolute atomic E-state index is 12.6. The van der Waals surface area contributed by atoms with E-state index in [0.29, 0.717) is 31.3 Å². The molecule has 8 nitrogen and oxygen atoms in total. The third-order valence-electron chi connectivity index (χ3n) is 5.00. The number of rotatable bonds is 5. The molecule has 1 aliphatic rings. The highest BCUT2D eigenvalue weighted by molar-refractivity contribution is 5.92. The third kappa shape index (κ3) is 3.77. The van der Waals surface area contributed by atoms with Crippen LogP contribution >= 0.6 is 0 Å². The Kier molecular flexibility index (Phi) is 5.12. The summed E-state index contributed by atoms with van der Waals surface area (Å²) in [5.41, 5.74) is 1.60. The molecule has 0 bridgehead atoms. The number of aryl methyl sites for hydroxylation is 1. The van der Waals surface area contributed by atoms with Crippen molar-refractivity contribution in [3.63, 3.8) is 0 Å². The maximum atomic E-state index is 12.6. The lowest BCUT2D eigenvalue weighted by Gasteiger charge is -2.33. The summed E-state index contributed by atoms with van der Waals surface area (Å²) in [7, 11) is 3.52. The zero-order chi connectivity index (χ0) is 19.5. The Morgan fingerprint density at radius 1 is 1.14 bits per heavy atom. The van der Waals surface area contributed by atoms with E-state index in [-0.39, 0.29) is 5.91 Å². The summed E-state index contributed by atoms with van der Waals surface area (Å²) in [6, 6.07) is 11.3. The van der Waals surface area contributed by atoms with Crippen LogP contribution in [-0.4, -0.2) is 63.7 Å². The molecule has 0 unspecified atom stereocenters. The molecule has 0 atom stereocenters. The van der Waals surface area contributed by atoms with Gasteiger partial charge in [0.1, 0.15) is 11.4 Å². The smallest absolute Gasteiger partial charge is 0.270 e. The normalized spacial score (nSPS) is 15.0. The van der Waals surface area contributed by atoms with Crippen LogP contribution in [-0.2, 0) is 13.6 Å². The van der Waals surface area contributed by atoms with Crippen LogP contribution in [0.3, 0.4) is 0 Å². The van der Waals surface area contributed by atoms with Crippen molar-refractivity contribution in [1.29, 1.82) is 0 Å². The highest BCUT2D eigenvalue weighted by Gasteiger charge is 2.24. The number of methoxy groups -OCH3 is 1. The number of nitrogens with zero attached hydrogens (tertiary/aromatic N) is 5. The Balaban J connectivity index is 1.33. The number of aromatic nitrogens is 3. The molecular formula is C20H23N5O3. The Labute approximate surface area is 163 Å². The van der Waals surface area contributed by atoms with Crippen LogP contribution in [0.25, 0.3) is 11.4 Å². The first kappa shape index (κ1) is 18.2. The first-order chi connectivity index (χ1) is 13.6. The minimum Gasteiger partial charge on any atom is -0.497 e. The van der Waals surface area contributed by atoms with Gasteiger partial charge >= 0.3 is 0 Å². The Morgan fingerprint density at radius 3 is 2.54 bits per heavy atom. The van der Waals surface area contributed by atoms with E-state index >= 15 is 0 Å². The van der Waals surface area contributed by atoms with Gasteiger partial charge < -0.3 is 18.7 Å². The molecule has 28 heavy (non-hydrogen) atoms. The summed E-state index contributed by atoms with van der Waals surface area (Å²) in [5, 5.41) is 4.07. The molecule has 3 heterocycles. The summed E-state index contributed by atoms with van der Waals surface area (Å²) in [4.78, 5) is 21.2. The molecule has 1 fully saturated rings. The minimum atomic E-state index is 0.0757. The lowest BCUT2D eigenvalue weighted by Crippen LogP contribution is -2.48. The zero-order valence-electron chi connectivity index (χ0n) is 16.0. The van der Waals surface area contributed by atoms with Gasteiger partial charge in [0.15, 0.2) is 0 Å². The van der Waals surface area contributed by atoms with Gasteiger partial charge in [-0.15, -0.1) is 0 Å². The quantitative estimate of drug-likeness (QED) is 0.673. The van der Waals surface area contributed by atoms with Gasteiger partial charge in [0.05, 0.1) is 13.7 Å². The number of ether oxygens (including phenoxy) is 1. The van der Waals surface area contributed by atoms with Gasteiger partial charge in [-0.25, -0.2) is 0 Å². The highest BCUT2D eigenvalue weighted by Crippen LogP contribution is 2.20. The highest BCUT2D eigenvalue weighted by atomic mass is 16.5. The predicted molar refractivity (Wildman–Crippen MR) is 103 cm³/mol. The van der Waals surface area contributed by atoms with Crippen molar-refractivity contribution < 1.29 is 14.1 Å². The monoisotopic (exact) mass is 381 g/mol. The van der Waals surface area contributed by atoms with Crippen LogP contribution in [0.1, 0.15) is 16.4 Å². The molecule has 4 rings (SSSR count). The standard InChI is InChI=1S/C20H23N5O3/c1-23-9-3-4-17(23)20(26)25-12-10-24(11-13-25)14-18-21-19(22-28-18)15-5-7-16(27-2)8-6-15/h3-9H,10-14H2,1-2H3.